The van der Waals surface area contributed by atoms with Crippen molar-refractivity contribution in [3.05, 3.63) is 30.3 Å². The predicted octanol–water partition coefficient (Wildman–Crippen LogP) is 1.58. The normalized spacial score (nSPS) is 14.3. The highest BCUT2D eigenvalue weighted by molar-refractivity contribution is 5.78. The van der Waals surface area contributed by atoms with E-state index in [1.165, 1.54) is 0 Å². The van der Waals surface area contributed by atoms with Crippen LogP contribution in [0.25, 0.3) is 0 Å². The Balaban J connectivity index is 1.50. The third-order valence-corrected chi connectivity index (χ3v) is 3.44. The molecule has 0 radical (unpaired) electrons. The Bertz CT molecular complexity index is 462. The number of ether oxygens (including phenoxy) is 1. The molecule has 0 atom stereocenters. The van der Waals surface area contributed by atoms with Crippen molar-refractivity contribution in [1.82, 2.24) is 10.2 Å². The van der Waals surface area contributed by atoms with Crippen LogP contribution in [0.5, 0.6) is 5.75 Å². The van der Waals surface area contributed by atoms with Gasteiger partial charge in [0.2, 0.25) is 11.8 Å². The van der Waals surface area contributed by atoms with Crippen LogP contribution < -0.4 is 10.1 Å². The second kappa shape index (κ2) is 8.29. The molecule has 0 bridgehead atoms. The second-order valence-electron chi connectivity index (χ2n) is 5.10. The van der Waals surface area contributed by atoms with Crippen LogP contribution in [-0.4, -0.2) is 43.0 Å². The molecule has 0 saturated carbocycles. The molecule has 2 amide bonds. The average Bonchev–Trinajstić information content (AvgIpc) is 2.90. The molecule has 0 spiro atoms. The molecule has 1 saturated heterocycles. The smallest absolute Gasteiger partial charge is 0.223 e. The van der Waals surface area contributed by atoms with Crippen LogP contribution in [0.4, 0.5) is 0 Å². The molecule has 0 unspecified atom stereocenters. The first kappa shape index (κ1) is 15.4. The molecule has 5 nitrogen and oxygen atoms in total. The highest BCUT2D eigenvalue weighted by Crippen LogP contribution is 2.09. The number of benzene rings is 1. The fourth-order valence-corrected chi connectivity index (χ4v) is 2.30. The molecular formula is C16H22N2O3. The summed E-state index contributed by atoms with van der Waals surface area (Å²) in [5.74, 6) is 0.995. The maximum Gasteiger partial charge on any atom is 0.223 e. The van der Waals surface area contributed by atoms with Crippen molar-refractivity contribution in [2.45, 2.75) is 25.7 Å². The molecule has 1 aromatic rings. The highest BCUT2D eigenvalue weighted by atomic mass is 16.5. The summed E-state index contributed by atoms with van der Waals surface area (Å²) >= 11 is 0. The van der Waals surface area contributed by atoms with Gasteiger partial charge in [-0.05, 0) is 25.0 Å². The number of carbonyl (C=O) groups excluding carboxylic acids is 2. The molecule has 1 aromatic carbocycles. The van der Waals surface area contributed by atoms with Crippen molar-refractivity contribution in [1.29, 1.82) is 0 Å². The number of likely N-dealkylation sites (tertiary alicyclic amines) is 1. The molecule has 114 valence electrons. The zero-order valence-corrected chi connectivity index (χ0v) is 12.2. The van der Waals surface area contributed by atoms with E-state index in [0.717, 1.165) is 31.7 Å². The minimum absolute atomic E-state index is 0.0151. The molecule has 2 rings (SSSR count). The Hall–Kier alpha value is -2.04. The van der Waals surface area contributed by atoms with Crippen molar-refractivity contribution in [2.24, 2.45) is 0 Å². The Labute approximate surface area is 125 Å². The van der Waals surface area contributed by atoms with Crippen LogP contribution in [0.3, 0.4) is 0 Å². The van der Waals surface area contributed by atoms with Crippen molar-refractivity contribution in [3.8, 4) is 5.75 Å². The summed E-state index contributed by atoms with van der Waals surface area (Å²) in [6.07, 6.45) is 2.78. The topological polar surface area (TPSA) is 58.6 Å². The molecule has 5 heteroatoms. The van der Waals surface area contributed by atoms with E-state index >= 15 is 0 Å². The van der Waals surface area contributed by atoms with Gasteiger partial charge in [0.15, 0.2) is 0 Å². The minimum atomic E-state index is -0.0151. The summed E-state index contributed by atoms with van der Waals surface area (Å²) in [7, 11) is 0. The molecule has 1 aliphatic rings. The second-order valence-corrected chi connectivity index (χ2v) is 5.10. The van der Waals surface area contributed by atoms with Gasteiger partial charge in [0.25, 0.3) is 0 Å². The average molecular weight is 290 g/mol. The van der Waals surface area contributed by atoms with Crippen LogP contribution >= 0.6 is 0 Å². The third kappa shape index (κ3) is 5.45. The van der Waals surface area contributed by atoms with Crippen LogP contribution in [-0.2, 0) is 9.59 Å². The zero-order chi connectivity index (χ0) is 14.9. The first-order valence-electron chi connectivity index (χ1n) is 7.48. The molecule has 0 aromatic heterocycles. The summed E-state index contributed by atoms with van der Waals surface area (Å²) in [5, 5.41) is 2.85. The summed E-state index contributed by atoms with van der Waals surface area (Å²) in [6.45, 7) is 2.58. The minimum Gasteiger partial charge on any atom is -0.493 e. The number of hydrogen-bond donors (Lipinski definition) is 1. The standard InChI is InChI=1S/C16H22N2O3/c19-15(9-13-21-14-6-2-1-3-7-14)17-10-5-12-18-11-4-8-16(18)20/h1-3,6-7H,4-5,8-13H2,(H,17,19). The van der Waals surface area contributed by atoms with E-state index in [1.807, 2.05) is 35.2 Å². The number of hydrogen-bond acceptors (Lipinski definition) is 3. The summed E-state index contributed by atoms with van der Waals surface area (Å²) in [6, 6.07) is 9.45. The third-order valence-electron chi connectivity index (χ3n) is 3.44. The number of rotatable bonds is 8. The van der Waals surface area contributed by atoms with Crippen LogP contribution in [0.1, 0.15) is 25.7 Å². The number of nitrogens with zero attached hydrogens (tertiary/aromatic N) is 1. The van der Waals surface area contributed by atoms with Gasteiger partial charge in [-0.2, -0.15) is 0 Å². The quantitative estimate of drug-likeness (QED) is 0.740. The van der Waals surface area contributed by atoms with Crippen LogP contribution in [0.2, 0.25) is 0 Å². The Morgan fingerprint density at radius 2 is 2.10 bits per heavy atom. The SMILES string of the molecule is O=C(CCOc1ccccc1)NCCCN1CCCC1=O. The number of nitrogens with one attached hydrogen (secondary N) is 1. The Kier molecular flexibility index (Phi) is 6.06. The van der Waals surface area contributed by atoms with E-state index in [9.17, 15) is 9.59 Å². The molecule has 1 aliphatic heterocycles. The largest absolute Gasteiger partial charge is 0.493 e. The van der Waals surface area contributed by atoms with E-state index in [4.69, 9.17) is 4.74 Å². The molecular weight excluding hydrogens is 268 g/mol. The Morgan fingerprint density at radius 3 is 2.81 bits per heavy atom. The van der Waals surface area contributed by atoms with Crippen LogP contribution in [0.15, 0.2) is 30.3 Å². The predicted molar refractivity (Wildman–Crippen MR) is 80.0 cm³/mol. The fourth-order valence-electron chi connectivity index (χ4n) is 2.30. The van der Waals surface area contributed by atoms with Crippen molar-refractivity contribution < 1.29 is 14.3 Å². The first-order chi connectivity index (χ1) is 10.3. The van der Waals surface area contributed by atoms with Gasteiger partial charge in [0.05, 0.1) is 13.0 Å². The van der Waals surface area contributed by atoms with Gasteiger partial charge >= 0.3 is 0 Å². The summed E-state index contributed by atoms with van der Waals surface area (Å²) < 4.78 is 5.46. The first-order valence-corrected chi connectivity index (χ1v) is 7.48. The van der Waals surface area contributed by atoms with E-state index in [1.54, 1.807) is 0 Å². The van der Waals surface area contributed by atoms with Gasteiger partial charge in [0.1, 0.15) is 5.75 Å². The van der Waals surface area contributed by atoms with Crippen molar-refractivity contribution in [2.75, 3.05) is 26.2 Å². The van der Waals surface area contributed by atoms with Gasteiger partial charge in [-0.3, -0.25) is 9.59 Å². The molecule has 1 N–H and O–H groups in total. The van der Waals surface area contributed by atoms with E-state index in [2.05, 4.69) is 5.32 Å². The van der Waals surface area contributed by atoms with Crippen molar-refractivity contribution >= 4 is 11.8 Å². The summed E-state index contributed by atoms with van der Waals surface area (Å²) in [5.41, 5.74) is 0. The van der Waals surface area contributed by atoms with Crippen LogP contribution in [0, 0.1) is 0 Å². The van der Waals surface area contributed by atoms with E-state index in [-0.39, 0.29) is 11.8 Å². The lowest BCUT2D eigenvalue weighted by Crippen LogP contribution is -2.31. The van der Waals surface area contributed by atoms with Gasteiger partial charge in [0, 0.05) is 26.1 Å². The monoisotopic (exact) mass is 290 g/mol. The molecule has 21 heavy (non-hydrogen) atoms. The lowest BCUT2D eigenvalue weighted by molar-refractivity contribution is -0.127. The van der Waals surface area contributed by atoms with Gasteiger partial charge in [-0.25, -0.2) is 0 Å². The maximum atomic E-state index is 11.6. The molecule has 0 aliphatic carbocycles. The number of amides is 2. The zero-order valence-electron chi connectivity index (χ0n) is 12.2. The summed E-state index contributed by atoms with van der Waals surface area (Å²) in [4.78, 5) is 24.9. The number of para-hydroxylation sites is 1. The molecule has 1 heterocycles. The van der Waals surface area contributed by atoms with Gasteiger partial charge in [-0.1, -0.05) is 18.2 Å². The highest BCUT2D eigenvalue weighted by Gasteiger charge is 2.18. The maximum absolute atomic E-state index is 11.6. The fraction of sp³-hybridized carbons (Fsp3) is 0.500. The van der Waals surface area contributed by atoms with Crippen molar-refractivity contribution in [3.63, 3.8) is 0 Å². The van der Waals surface area contributed by atoms with E-state index < -0.39 is 0 Å². The van der Waals surface area contributed by atoms with Gasteiger partial charge in [-0.15, -0.1) is 0 Å². The lowest BCUT2D eigenvalue weighted by Gasteiger charge is -2.15. The lowest BCUT2D eigenvalue weighted by atomic mass is 10.3. The number of carbonyl (C=O) groups is 2. The van der Waals surface area contributed by atoms with Gasteiger partial charge < -0.3 is 15.0 Å². The molecule has 1 fully saturated rings. The Morgan fingerprint density at radius 1 is 1.29 bits per heavy atom. The van der Waals surface area contributed by atoms with E-state index in [0.29, 0.717) is 26.0 Å².